The van der Waals surface area contributed by atoms with Gasteiger partial charge in [0.15, 0.2) is 0 Å². The number of fused-ring (bicyclic) bond motifs is 1. The number of rotatable bonds is 6. The summed E-state index contributed by atoms with van der Waals surface area (Å²) in [5, 5.41) is 0. The summed E-state index contributed by atoms with van der Waals surface area (Å²) < 4.78 is 5.40. The first-order chi connectivity index (χ1) is 11.7. The smallest absolute Gasteiger partial charge is 0.217 e. The second-order valence-corrected chi connectivity index (χ2v) is 6.34. The lowest BCUT2D eigenvalue weighted by atomic mass is 9.85. The van der Waals surface area contributed by atoms with Crippen LogP contribution in [0.1, 0.15) is 36.3 Å². The third-order valence-electron chi connectivity index (χ3n) is 4.69. The fourth-order valence-corrected chi connectivity index (χ4v) is 3.46. The minimum absolute atomic E-state index is 0. The van der Waals surface area contributed by atoms with Crippen molar-refractivity contribution < 1.29 is 9.53 Å². The number of benzene rings is 2. The molecule has 0 fully saturated rings. The van der Waals surface area contributed by atoms with E-state index in [0.29, 0.717) is 12.3 Å². The summed E-state index contributed by atoms with van der Waals surface area (Å²) in [6.45, 7) is 1.85. The first-order valence-corrected chi connectivity index (χ1v) is 8.42. The first-order valence-electron chi connectivity index (χ1n) is 8.42. The van der Waals surface area contributed by atoms with E-state index in [1.54, 1.807) is 7.11 Å². The number of para-hydroxylation sites is 1. The molecule has 2 N–H and O–H groups in total. The van der Waals surface area contributed by atoms with Crippen LogP contribution in [0.5, 0.6) is 5.75 Å². The van der Waals surface area contributed by atoms with Crippen LogP contribution < -0.4 is 15.4 Å². The average molecular weight is 361 g/mol. The Bertz CT molecular complexity index is 706. The quantitative estimate of drug-likeness (QED) is 0.850. The van der Waals surface area contributed by atoms with Gasteiger partial charge in [-0.3, -0.25) is 4.79 Å². The van der Waals surface area contributed by atoms with Crippen LogP contribution in [0.4, 0.5) is 5.69 Å². The SMILES string of the molecule is COc1ccc2c(c1)C(CCCC(N)=O)CN(c1ccccc1)C2.Cl. The highest BCUT2D eigenvalue weighted by Gasteiger charge is 2.25. The highest BCUT2D eigenvalue weighted by Crippen LogP contribution is 2.36. The Kier molecular flexibility index (Phi) is 6.71. The lowest BCUT2D eigenvalue weighted by molar-refractivity contribution is -0.118. The maximum atomic E-state index is 11.1. The van der Waals surface area contributed by atoms with Crippen molar-refractivity contribution in [2.45, 2.75) is 31.7 Å². The molecule has 0 aliphatic carbocycles. The van der Waals surface area contributed by atoms with Crippen LogP contribution in [0.25, 0.3) is 0 Å². The molecule has 1 aliphatic heterocycles. The molecule has 1 heterocycles. The Morgan fingerprint density at radius 3 is 2.68 bits per heavy atom. The predicted octanol–water partition coefficient (Wildman–Crippen LogP) is 3.88. The van der Waals surface area contributed by atoms with E-state index in [4.69, 9.17) is 10.5 Å². The molecule has 1 unspecified atom stereocenters. The van der Waals surface area contributed by atoms with Crippen LogP contribution in [0.2, 0.25) is 0 Å². The van der Waals surface area contributed by atoms with Gasteiger partial charge in [-0.15, -0.1) is 12.4 Å². The van der Waals surface area contributed by atoms with Gasteiger partial charge in [-0.1, -0.05) is 24.3 Å². The summed E-state index contributed by atoms with van der Waals surface area (Å²) in [5.41, 5.74) is 9.20. The number of nitrogens with two attached hydrogens (primary N) is 1. The minimum atomic E-state index is -0.225. The van der Waals surface area contributed by atoms with Crippen molar-refractivity contribution in [2.75, 3.05) is 18.6 Å². The van der Waals surface area contributed by atoms with Crippen molar-refractivity contribution in [2.24, 2.45) is 5.73 Å². The van der Waals surface area contributed by atoms with Crippen LogP contribution in [-0.4, -0.2) is 19.6 Å². The monoisotopic (exact) mass is 360 g/mol. The molecule has 1 atom stereocenters. The summed E-state index contributed by atoms with van der Waals surface area (Å²) in [6.07, 6.45) is 2.22. The number of nitrogens with zero attached hydrogens (tertiary/aromatic N) is 1. The van der Waals surface area contributed by atoms with Gasteiger partial charge in [-0.25, -0.2) is 0 Å². The molecule has 3 rings (SSSR count). The summed E-state index contributed by atoms with van der Waals surface area (Å²) in [7, 11) is 1.70. The van der Waals surface area contributed by atoms with Gasteiger partial charge in [0.05, 0.1) is 7.11 Å². The molecule has 0 bridgehead atoms. The molecule has 2 aromatic rings. The molecule has 2 aromatic carbocycles. The van der Waals surface area contributed by atoms with Gasteiger partial charge < -0.3 is 15.4 Å². The number of hydrogen-bond donors (Lipinski definition) is 1. The normalized spacial score (nSPS) is 15.9. The highest BCUT2D eigenvalue weighted by atomic mass is 35.5. The summed E-state index contributed by atoms with van der Waals surface area (Å²) in [5.74, 6) is 1.04. The van der Waals surface area contributed by atoms with E-state index in [1.807, 2.05) is 12.1 Å². The van der Waals surface area contributed by atoms with E-state index in [1.165, 1.54) is 16.8 Å². The largest absolute Gasteiger partial charge is 0.497 e. The zero-order valence-electron chi connectivity index (χ0n) is 14.5. The topological polar surface area (TPSA) is 55.6 Å². The van der Waals surface area contributed by atoms with Crippen molar-refractivity contribution in [3.05, 3.63) is 59.7 Å². The maximum absolute atomic E-state index is 11.1. The predicted molar refractivity (Wildman–Crippen MR) is 104 cm³/mol. The third-order valence-corrected chi connectivity index (χ3v) is 4.69. The number of carbonyl (C=O) groups excluding carboxylic acids is 1. The van der Waals surface area contributed by atoms with Gasteiger partial charge in [0, 0.05) is 31.1 Å². The van der Waals surface area contributed by atoms with Crippen LogP contribution in [-0.2, 0) is 11.3 Å². The Hall–Kier alpha value is -2.20. The van der Waals surface area contributed by atoms with Crippen LogP contribution in [0.3, 0.4) is 0 Å². The number of methoxy groups -OCH3 is 1. The standard InChI is InChI=1S/C20H24N2O2.ClH/c1-24-18-11-10-16-14-22(17-7-3-2-4-8-17)13-15(19(16)12-18)6-5-9-20(21)23;/h2-4,7-8,10-12,15H,5-6,9,13-14H2,1H3,(H2,21,23);1H. The molecular formula is C20H25ClN2O2. The lowest BCUT2D eigenvalue weighted by Gasteiger charge is -2.36. The molecule has 1 amide bonds. The Balaban J connectivity index is 0.00000225. The molecule has 4 nitrogen and oxygen atoms in total. The van der Waals surface area contributed by atoms with Crippen LogP contribution >= 0.6 is 12.4 Å². The van der Waals surface area contributed by atoms with Crippen molar-refractivity contribution in [1.82, 2.24) is 0 Å². The molecule has 0 aromatic heterocycles. The summed E-state index contributed by atoms with van der Waals surface area (Å²) in [4.78, 5) is 13.5. The molecule has 0 radical (unpaired) electrons. The minimum Gasteiger partial charge on any atom is -0.497 e. The molecular weight excluding hydrogens is 336 g/mol. The third kappa shape index (κ3) is 4.67. The second-order valence-electron chi connectivity index (χ2n) is 6.34. The summed E-state index contributed by atoms with van der Waals surface area (Å²) >= 11 is 0. The van der Waals surface area contributed by atoms with Crippen molar-refractivity contribution in [3.63, 3.8) is 0 Å². The molecule has 1 aliphatic rings. The van der Waals surface area contributed by atoms with Gasteiger partial charge >= 0.3 is 0 Å². The van der Waals surface area contributed by atoms with E-state index in [-0.39, 0.29) is 18.3 Å². The van der Waals surface area contributed by atoms with Gasteiger partial charge in [0.25, 0.3) is 0 Å². The number of hydrogen-bond acceptors (Lipinski definition) is 3. The fourth-order valence-electron chi connectivity index (χ4n) is 3.46. The molecule has 5 heteroatoms. The summed E-state index contributed by atoms with van der Waals surface area (Å²) in [6, 6.07) is 16.8. The Morgan fingerprint density at radius 2 is 2.00 bits per heavy atom. The molecule has 25 heavy (non-hydrogen) atoms. The van der Waals surface area contributed by atoms with Crippen LogP contribution in [0.15, 0.2) is 48.5 Å². The lowest BCUT2D eigenvalue weighted by Crippen LogP contribution is -2.33. The number of amides is 1. The van der Waals surface area contributed by atoms with E-state index in [2.05, 4.69) is 41.3 Å². The van der Waals surface area contributed by atoms with E-state index >= 15 is 0 Å². The van der Waals surface area contributed by atoms with E-state index in [9.17, 15) is 4.79 Å². The molecule has 0 saturated heterocycles. The highest BCUT2D eigenvalue weighted by molar-refractivity contribution is 5.85. The number of carbonyl (C=O) groups is 1. The van der Waals surface area contributed by atoms with Crippen molar-refractivity contribution in [3.8, 4) is 5.75 Å². The number of halogens is 1. The van der Waals surface area contributed by atoms with E-state index < -0.39 is 0 Å². The maximum Gasteiger partial charge on any atom is 0.217 e. The van der Waals surface area contributed by atoms with Crippen molar-refractivity contribution in [1.29, 1.82) is 0 Å². The fraction of sp³-hybridized carbons (Fsp3) is 0.350. The second kappa shape index (κ2) is 8.77. The van der Waals surface area contributed by atoms with Crippen molar-refractivity contribution >= 4 is 24.0 Å². The zero-order chi connectivity index (χ0) is 16.9. The molecule has 134 valence electrons. The van der Waals surface area contributed by atoms with Gasteiger partial charge in [0.2, 0.25) is 5.91 Å². The Labute approximate surface area is 155 Å². The average Bonchev–Trinajstić information content (AvgIpc) is 2.61. The van der Waals surface area contributed by atoms with Gasteiger partial charge in [-0.05, 0) is 48.2 Å². The zero-order valence-corrected chi connectivity index (χ0v) is 15.3. The number of ether oxygens (including phenoxy) is 1. The van der Waals surface area contributed by atoms with Gasteiger partial charge in [-0.2, -0.15) is 0 Å². The van der Waals surface area contributed by atoms with E-state index in [0.717, 1.165) is 31.7 Å². The molecule has 0 saturated carbocycles. The number of primary amides is 1. The first kappa shape index (κ1) is 19.1. The number of anilines is 1. The molecule has 0 spiro atoms. The Morgan fingerprint density at radius 1 is 1.24 bits per heavy atom. The van der Waals surface area contributed by atoms with Gasteiger partial charge in [0.1, 0.15) is 5.75 Å². The van der Waals surface area contributed by atoms with Crippen LogP contribution in [0, 0.1) is 0 Å².